The maximum atomic E-state index is 14.9. The van der Waals surface area contributed by atoms with Crippen LogP contribution in [0, 0.1) is 5.82 Å². The Hall–Kier alpha value is -3.06. The number of methoxy groups -OCH3 is 1. The van der Waals surface area contributed by atoms with E-state index in [4.69, 9.17) is 39.5 Å². The Morgan fingerprint density at radius 1 is 1.00 bits per heavy atom. The summed E-state index contributed by atoms with van der Waals surface area (Å²) < 4.78 is 20.0. The lowest BCUT2D eigenvalue weighted by atomic mass is 9.94. The Labute approximate surface area is 203 Å². The summed E-state index contributed by atoms with van der Waals surface area (Å²) in [7, 11) is 1.38. The SMILES string of the molecule is COc1c(Cl)cc(/C(O)=C2\C(=O)C(=O)N(c3ccc(Cl)cc3)C2c2ccccc2F)cc1Cl. The van der Waals surface area contributed by atoms with Crippen molar-refractivity contribution in [3.05, 3.63) is 98.2 Å². The van der Waals surface area contributed by atoms with E-state index in [1.54, 1.807) is 6.07 Å². The van der Waals surface area contributed by atoms with E-state index in [-0.39, 0.29) is 32.5 Å². The molecule has 168 valence electrons. The number of Topliss-reactive ketones (excluding diaryl/α,β-unsaturated/α-hetero) is 1. The van der Waals surface area contributed by atoms with E-state index in [0.717, 1.165) is 4.90 Å². The van der Waals surface area contributed by atoms with E-state index < -0.39 is 29.3 Å². The third-order valence-electron chi connectivity index (χ3n) is 5.22. The number of halogens is 4. The van der Waals surface area contributed by atoms with Gasteiger partial charge >= 0.3 is 0 Å². The number of nitrogens with zero attached hydrogens (tertiary/aromatic N) is 1. The second-order valence-corrected chi connectivity index (χ2v) is 8.39. The summed E-state index contributed by atoms with van der Waals surface area (Å²) in [6.07, 6.45) is 0. The predicted octanol–water partition coefficient (Wildman–Crippen LogP) is 6.42. The number of hydrogen-bond donors (Lipinski definition) is 1. The molecule has 0 saturated carbocycles. The summed E-state index contributed by atoms with van der Waals surface area (Å²) in [5.41, 5.74) is 0.0945. The van der Waals surface area contributed by atoms with Gasteiger partial charge in [-0.25, -0.2) is 4.39 Å². The number of anilines is 1. The summed E-state index contributed by atoms with van der Waals surface area (Å²) in [4.78, 5) is 27.3. The van der Waals surface area contributed by atoms with Crippen LogP contribution in [0.2, 0.25) is 15.1 Å². The highest BCUT2D eigenvalue weighted by molar-refractivity contribution is 6.52. The highest BCUT2D eigenvalue weighted by atomic mass is 35.5. The molecule has 5 nitrogen and oxygen atoms in total. The molecule has 4 rings (SSSR count). The van der Waals surface area contributed by atoms with Gasteiger partial charge in [0.05, 0.1) is 28.8 Å². The molecule has 0 aromatic heterocycles. The molecule has 3 aromatic carbocycles. The van der Waals surface area contributed by atoms with E-state index in [2.05, 4.69) is 0 Å². The first-order valence-corrected chi connectivity index (χ1v) is 10.7. The Morgan fingerprint density at radius 3 is 2.18 bits per heavy atom. The monoisotopic (exact) mass is 505 g/mol. The highest BCUT2D eigenvalue weighted by Gasteiger charge is 2.47. The van der Waals surface area contributed by atoms with Crippen LogP contribution in [-0.2, 0) is 9.59 Å². The number of amides is 1. The van der Waals surface area contributed by atoms with Crippen LogP contribution in [0.4, 0.5) is 10.1 Å². The molecule has 0 bridgehead atoms. The van der Waals surface area contributed by atoms with E-state index in [9.17, 15) is 19.1 Å². The zero-order valence-corrected chi connectivity index (χ0v) is 19.2. The van der Waals surface area contributed by atoms with E-state index in [1.165, 1.54) is 61.7 Å². The smallest absolute Gasteiger partial charge is 0.300 e. The molecular formula is C24H15Cl3FNO4. The molecule has 9 heteroatoms. The molecule has 33 heavy (non-hydrogen) atoms. The number of hydrogen-bond acceptors (Lipinski definition) is 4. The number of benzene rings is 3. The molecule has 1 saturated heterocycles. The van der Waals surface area contributed by atoms with Crippen LogP contribution < -0.4 is 9.64 Å². The fourth-order valence-corrected chi connectivity index (χ4v) is 4.51. The Morgan fingerprint density at radius 2 is 1.61 bits per heavy atom. The molecule has 0 radical (unpaired) electrons. The number of aliphatic hydroxyl groups excluding tert-OH is 1. The van der Waals surface area contributed by atoms with Gasteiger partial charge < -0.3 is 9.84 Å². The molecule has 1 fully saturated rings. The van der Waals surface area contributed by atoms with Gasteiger partial charge in [-0.2, -0.15) is 0 Å². The van der Waals surface area contributed by atoms with Crippen molar-refractivity contribution in [3.63, 3.8) is 0 Å². The number of carbonyl (C=O) groups is 2. The topological polar surface area (TPSA) is 66.8 Å². The van der Waals surface area contributed by atoms with Crippen molar-refractivity contribution in [3.8, 4) is 5.75 Å². The average molecular weight is 507 g/mol. The van der Waals surface area contributed by atoms with Crippen LogP contribution in [0.15, 0.2) is 66.2 Å². The summed E-state index contributed by atoms with van der Waals surface area (Å²) in [5, 5.41) is 11.7. The predicted molar refractivity (Wildman–Crippen MR) is 126 cm³/mol. The van der Waals surface area contributed by atoms with Crippen LogP contribution in [0.1, 0.15) is 17.2 Å². The standard InChI is InChI=1S/C24H15Cl3FNO4/c1-33-23-16(26)10-12(11-17(23)27)21(30)19-20(15-4-2-3-5-18(15)28)29(24(32)22(19)31)14-8-6-13(25)7-9-14/h2-11,20,30H,1H3/b21-19+. The van der Waals surface area contributed by atoms with Crippen molar-refractivity contribution in [2.45, 2.75) is 6.04 Å². The first kappa shape index (κ1) is 23.1. The molecule has 3 aromatic rings. The van der Waals surface area contributed by atoms with Crippen molar-refractivity contribution in [1.82, 2.24) is 0 Å². The van der Waals surface area contributed by atoms with Crippen molar-refractivity contribution >= 4 is 57.9 Å². The fraction of sp³-hybridized carbons (Fsp3) is 0.0833. The molecule has 1 N–H and O–H groups in total. The van der Waals surface area contributed by atoms with Crippen LogP contribution >= 0.6 is 34.8 Å². The molecule has 1 aliphatic heterocycles. The number of carbonyl (C=O) groups excluding carboxylic acids is 2. The molecule has 1 heterocycles. The first-order valence-electron chi connectivity index (χ1n) is 9.59. The van der Waals surface area contributed by atoms with Gasteiger partial charge in [0.2, 0.25) is 0 Å². The second-order valence-electron chi connectivity index (χ2n) is 7.14. The maximum absolute atomic E-state index is 14.9. The van der Waals surface area contributed by atoms with Crippen LogP contribution in [0.5, 0.6) is 5.75 Å². The lowest BCUT2D eigenvalue weighted by Crippen LogP contribution is -2.29. The zero-order valence-electron chi connectivity index (χ0n) is 17.0. The van der Waals surface area contributed by atoms with Crippen molar-refractivity contribution in [2.75, 3.05) is 12.0 Å². The van der Waals surface area contributed by atoms with Crippen LogP contribution in [-0.4, -0.2) is 23.9 Å². The highest BCUT2D eigenvalue weighted by Crippen LogP contribution is 2.44. The van der Waals surface area contributed by atoms with Gasteiger partial charge in [0, 0.05) is 21.8 Å². The van der Waals surface area contributed by atoms with Gasteiger partial charge in [-0.05, 0) is 42.5 Å². The zero-order chi connectivity index (χ0) is 23.9. The van der Waals surface area contributed by atoms with Crippen molar-refractivity contribution in [1.29, 1.82) is 0 Å². The molecule has 1 aliphatic rings. The van der Waals surface area contributed by atoms with Gasteiger partial charge in [-0.1, -0.05) is 53.0 Å². The Kier molecular flexibility index (Phi) is 6.34. The minimum absolute atomic E-state index is 0.0268. The Bertz CT molecular complexity index is 1280. The minimum atomic E-state index is -1.24. The van der Waals surface area contributed by atoms with Gasteiger partial charge in [-0.15, -0.1) is 0 Å². The van der Waals surface area contributed by atoms with Crippen molar-refractivity contribution in [2.24, 2.45) is 0 Å². The van der Waals surface area contributed by atoms with Crippen LogP contribution in [0.25, 0.3) is 5.76 Å². The number of rotatable bonds is 4. The number of aliphatic hydroxyl groups is 1. The second kappa shape index (κ2) is 9.06. The summed E-state index contributed by atoms with van der Waals surface area (Å²) in [5.74, 6) is -2.94. The Balaban J connectivity index is 1.98. The van der Waals surface area contributed by atoms with Gasteiger partial charge in [0.15, 0.2) is 5.75 Å². The first-order chi connectivity index (χ1) is 15.7. The summed E-state index contributed by atoms with van der Waals surface area (Å²) in [6, 6.07) is 13.3. The fourth-order valence-electron chi connectivity index (χ4n) is 3.74. The van der Waals surface area contributed by atoms with E-state index in [0.29, 0.717) is 10.7 Å². The molecule has 1 unspecified atom stereocenters. The van der Waals surface area contributed by atoms with Crippen molar-refractivity contribution < 1.29 is 23.8 Å². The average Bonchev–Trinajstić information content (AvgIpc) is 3.04. The molecule has 1 atom stereocenters. The van der Waals surface area contributed by atoms with Crippen LogP contribution in [0.3, 0.4) is 0 Å². The van der Waals surface area contributed by atoms with Gasteiger partial charge in [-0.3, -0.25) is 14.5 Å². The maximum Gasteiger partial charge on any atom is 0.300 e. The van der Waals surface area contributed by atoms with Gasteiger partial charge in [0.25, 0.3) is 11.7 Å². The van der Waals surface area contributed by atoms with E-state index >= 15 is 0 Å². The lowest BCUT2D eigenvalue weighted by Gasteiger charge is -2.25. The number of ketones is 1. The summed E-state index contributed by atoms with van der Waals surface area (Å²) >= 11 is 18.3. The summed E-state index contributed by atoms with van der Waals surface area (Å²) in [6.45, 7) is 0. The molecule has 0 aliphatic carbocycles. The normalized spacial score (nSPS) is 17.5. The molecule has 0 spiro atoms. The van der Waals surface area contributed by atoms with Gasteiger partial charge in [0.1, 0.15) is 11.6 Å². The third kappa shape index (κ3) is 4.06. The number of ether oxygens (including phenoxy) is 1. The molecule has 1 amide bonds. The largest absolute Gasteiger partial charge is 0.507 e. The minimum Gasteiger partial charge on any atom is -0.507 e. The quantitative estimate of drug-likeness (QED) is 0.252. The molecular weight excluding hydrogens is 492 g/mol. The van der Waals surface area contributed by atoms with E-state index in [1.807, 2.05) is 0 Å². The lowest BCUT2D eigenvalue weighted by molar-refractivity contribution is -0.132. The third-order valence-corrected chi connectivity index (χ3v) is 6.04.